The first-order valence-corrected chi connectivity index (χ1v) is 5.69. The molecule has 1 aliphatic rings. The molecule has 0 aliphatic carbocycles. The number of pyridine rings is 1. The van der Waals surface area contributed by atoms with E-state index >= 15 is 0 Å². The Hall–Kier alpha value is -1.88. The fraction of sp³-hybridized carbons (Fsp3) is 0.333. The second-order valence-electron chi connectivity index (χ2n) is 4.30. The highest BCUT2D eigenvalue weighted by Crippen LogP contribution is 2.22. The normalized spacial score (nSPS) is 19.9. The highest BCUT2D eigenvalue weighted by molar-refractivity contribution is 5.88. The highest BCUT2D eigenvalue weighted by Gasteiger charge is 2.19. The van der Waals surface area contributed by atoms with Gasteiger partial charge in [0, 0.05) is 12.4 Å². The van der Waals surface area contributed by atoms with Gasteiger partial charge in [0.05, 0.1) is 17.3 Å². The summed E-state index contributed by atoms with van der Waals surface area (Å²) in [7, 11) is 0. The molecule has 1 saturated heterocycles. The largest absolute Gasteiger partial charge is 0.478 e. The molecule has 1 aliphatic heterocycles. The molecule has 5 heteroatoms. The third-order valence-electron chi connectivity index (χ3n) is 3.14. The van der Waals surface area contributed by atoms with Crippen molar-refractivity contribution in [3.63, 3.8) is 0 Å². The van der Waals surface area contributed by atoms with Crippen molar-refractivity contribution < 1.29 is 9.90 Å². The number of hydrogen-bond acceptors (Lipinski definition) is 3. The molecule has 2 N–H and O–H groups in total. The Bertz CT molecular complexity index is 570. The van der Waals surface area contributed by atoms with Crippen LogP contribution in [0.2, 0.25) is 0 Å². The van der Waals surface area contributed by atoms with Gasteiger partial charge in [0.1, 0.15) is 5.65 Å². The fourth-order valence-electron chi connectivity index (χ4n) is 2.24. The molecule has 1 unspecified atom stereocenters. The molecule has 0 aromatic carbocycles. The van der Waals surface area contributed by atoms with Crippen molar-refractivity contribution in [1.29, 1.82) is 0 Å². The molecule has 2 aromatic heterocycles. The summed E-state index contributed by atoms with van der Waals surface area (Å²) in [5.74, 6) is -0.920. The lowest BCUT2D eigenvalue weighted by atomic mass is 10.2. The van der Waals surface area contributed by atoms with E-state index in [1.807, 2.05) is 10.6 Å². The lowest BCUT2D eigenvalue weighted by Crippen LogP contribution is -2.12. The molecule has 88 valence electrons. The molecule has 2 aromatic rings. The van der Waals surface area contributed by atoms with Crippen molar-refractivity contribution >= 4 is 11.6 Å². The number of aromatic nitrogens is 2. The Balaban J connectivity index is 2.03. The Labute approximate surface area is 98.1 Å². The van der Waals surface area contributed by atoms with Crippen LogP contribution < -0.4 is 5.32 Å². The first-order chi connectivity index (χ1) is 8.24. The van der Waals surface area contributed by atoms with Crippen molar-refractivity contribution in [2.75, 3.05) is 6.54 Å². The van der Waals surface area contributed by atoms with E-state index in [-0.39, 0.29) is 5.56 Å². The Morgan fingerprint density at radius 3 is 3.18 bits per heavy atom. The number of nitrogens with zero attached hydrogens (tertiary/aromatic N) is 2. The van der Waals surface area contributed by atoms with Crippen molar-refractivity contribution in [1.82, 2.24) is 14.7 Å². The SMILES string of the molecule is O=C(O)c1ccn2cc(C3CCCN3)nc2c1. The number of rotatable bonds is 2. The first-order valence-electron chi connectivity index (χ1n) is 5.69. The number of fused-ring (bicyclic) bond motifs is 1. The minimum atomic E-state index is -0.920. The highest BCUT2D eigenvalue weighted by atomic mass is 16.4. The Kier molecular flexibility index (Phi) is 2.33. The summed E-state index contributed by atoms with van der Waals surface area (Å²) < 4.78 is 1.86. The van der Waals surface area contributed by atoms with Crippen LogP contribution in [0.25, 0.3) is 5.65 Å². The van der Waals surface area contributed by atoms with Crippen LogP contribution in [0.5, 0.6) is 0 Å². The van der Waals surface area contributed by atoms with Gasteiger partial charge in [-0.2, -0.15) is 0 Å². The second-order valence-corrected chi connectivity index (χ2v) is 4.30. The maximum atomic E-state index is 10.9. The van der Waals surface area contributed by atoms with E-state index in [1.165, 1.54) is 6.42 Å². The van der Waals surface area contributed by atoms with E-state index in [2.05, 4.69) is 10.3 Å². The van der Waals surface area contributed by atoms with Crippen LogP contribution in [-0.4, -0.2) is 27.0 Å². The third-order valence-corrected chi connectivity index (χ3v) is 3.14. The summed E-state index contributed by atoms with van der Waals surface area (Å²) in [5.41, 5.74) is 1.95. The van der Waals surface area contributed by atoms with Gasteiger partial charge in [-0.25, -0.2) is 9.78 Å². The lowest BCUT2D eigenvalue weighted by Gasteiger charge is -2.04. The predicted octanol–water partition coefficient (Wildman–Crippen LogP) is 1.46. The number of carbonyl (C=O) groups is 1. The van der Waals surface area contributed by atoms with Gasteiger partial charge in [0.25, 0.3) is 0 Å². The average molecular weight is 231 g/mol. The van der Waals surface area contributed by atoms with Gasteiger partial charge in [-0.1, -0.05) is 0 Å². The summed E-state index contributed by atoms with van der Waals surface area (Å²) in [5, 5.41) is 12.3. The van der Waals surface area contributed by atoms with E-state index in [9.17, 15) is 4.79 Å². The number of imidazole rings is 1. The molecule has 3 heterocycles. The monoisotopic (exact) mass is 231 g/mol. The molecule has 5 nitrogen and oxygen atoms in total. The van der Waals surface area contributed by atoms with Crippen molar-refractivity contribution in [3.8, 4) is 0 Å². The Morgan fingerprint density at radius 1 is 1.59 bits per heavy atom. The van der Waals surface area contributed by atoms with Gasteiger partial charge in [0.2, 0.25) is 0 Å². The second kappa shape index (κ2) is 3.85. The summed E-state index contributed by atoms with van der Waals surface area (Å²) in [6.45, 7) is 1.03. The van der Waals surface area contributed by atoms with Crippen LogP contribution in [0.15, 0.2) is 24.5 Å². The molecule has 1 fully saturated rings. The molecule has 0 saturated carbocycles. The number of hydrogen-bond donors (Lipinski definition) is 2. The topological polar surface area (TPSA) is 66.6 Å². The van der Waals surface area contributed by atoms with E-state index in [0.717, 1.165) is 18.7 Å². The molecule has 0 radical (unpaired) electrons. The van der Waals surface area contributed by atoms with Gasteiger partial charge < -0.3 is 14.8 Å². The summed E-state index contributed by atoms with van der Waals surface area (Å²) in [6, 6.07) is 3.49. The van der Waals surface area contributed by atoms with E-state index < -0.39 is 5.97 Å². The Morgan fingerprint density at radius 2 is 2.47 bits per heavy atom. The van der Waals surface area contributed by atoms with Crippen LogP contribution in [-0.2, 0) is 0 Å². The third kappa shape index (κ3) is 1.78. The zero-order valence-electron chi connectivity index (χ0n) is 9.26. The van der Waals surface area contributed by atoms with E-state index in [4.69, 9.17) is 5.11 Å². The number of carboxylic acids is 1. The van der Waals surface area contributed by atoms with Crippen LogP contribution >= 0.6 is 0 Å². The molecule has 17 heavy (non-hydrogen) atoms. The minimum absolute atomic E-state index is 0.272. The molecule has 0 spiro atoms. The van der Waals surface area contributed by atoms with Crippen molar-refractivity contribution in [3.05, 3.63) is 35.8 Å². The van der Waals surface area contributed by atoms with Gasteiger partial charge in [0.15, 0.2) is 0 Å². The zero-order valence-corrected chi connectivity index (χ0v) is 9.26. The minimum Gasteiger partial charge on any atom is -0.478 e. The molecular formula is C12H13N3O2. The zero-order chi connectivity index (χ0) is 11.8. The predicted molar refractivity (Wildman–Crippen MR) is 62.1 cm³/mol. The number of nitrogens with one attached hydrogen (secondary N) is 1. The molecular weight excluding hydrogens is 218 g/mol. The quantitative estimate of drug-likeness (QED) is 0.821. The molecule has 0 amide bonds. The van der Waals surface area contributed by atoms with Gasteiger partial charge >= 0.3 is 5.97 Å². The number of carboxylic acid groups (broad SMARTS) is 1. The summed E-state index contributed by atoms with van der Waals surface area (Å²) >= 11 is 0. The lowest BCUT2D eigenvalue weighted by molar-refractivity contribution is 0.0697. The average Bonchev–Trinajstić information content (AvgIpc) is 2.96. The molecule has 0 bridgehead atoms. The fourth-order valence-corrected chi connectivity index (χ4v) is 2.24. The standard InChI is InChI=1S/C12H13N3O2/c16-12(17)8-3-5-15-7-10(14-11(15)6-8)9-2-1-4-13-9/h3,5-7,9,13H,1-2,4H2,(H,16,17). The smallest absolute Gasteiger partial charge is 0.335 e. The number of aromatic carboxylic acids is 1. The van der Waals surface area contributed by atoms with Gasteiger partial charge in [-0.15, -0.1) is 0 Å². The summed E-state index contributed by atoms with van der Waals surface area (Å²) in [4.78, 5) is 15.3. The van der Waals surface area contributed by atoms with Crippen LogP contribution in [0, 0.1) is 0 Å². The maximum absolute atomic E-state index is 10.9. The van der Waals surface area contributed by atoms with Crippen molar-refractivity contribution in [2.24, 2.45) is 0 Å². The van der Waals surface area contributed by atoms with Crippen molar-refractivity contribution in [2.45, 2.75) is 18.9 Å². The van der Waals surface area contributed by atoms with Gasteiger partial charge in [-0.05, 0) is 31.5 Å². The van der Waals surface area contributed by atoms with Crippen LogP contribution in [0.3, 0.4) is 0 Å². The maximum Gasteiger partial charge on any atom is 0.335 e. The van der Waals surface area contributed by atoms with Gasteiger partial charge in [-0.3, -0.25) is 0 Å². The van der Waals surface area contributed by atoms with E-state index in [1.54, 1.807) is 18.3 Å². The van der Waals surface area contributed by atoms with Crippen LogP contribution in [0.4, 0.5) is 0 Å². The van der Waals surface area contributed by atoms with E-state index in [0.29, 0.717) is 11.7 Å². The van der Waals surface area contributed by atoms with Crippen LogP contribution in [0.1, 0.15) is 34.9 Å². The molecule has 1 atom stereocenters. The summed E-state index contributed by atoms with van der Waals surface area (Å²) in [6.07, 6.45) is 5.96. The molecule has 3 rings (SSSR count). The first kappa shape index (κ1) is 10.3.